The molecular weight excluding hydrogens is 619 g/mol. The molecule has 1 N–H and O–H groups in total. The number of carbonyl (C=O) groups excluding carboxylic acids is 2. The van der Waals surface area contributed by atoms with Crippen molar-refractivity contribution in [2.24, 2.45) is 5.92 Å². The van der Waals surface area contributed by atoms with Gasteiger partial charge in [-0.3, -0.25) is 13.9 Å². The number of alkyl halides is 3. The first kappa shape index (κ1) is 34.7. The number of hydrogen-bond donors (Lipinski definition) is 1. The summed E-state index contributed by atoms with van der Waals surface area (Å²) in [6, 6.07) is 17.3. The molecule has 0 spiro atoms. The highest BCUT2D eigenvalue weighted by Crippen LogP contribution is 2.37. The number of hydrogen-bond acceptors (Lipinski definition) is 5. The zero-order valence-electron chi connectivity index (χ0n) is 24.8. The summed E-state index contributed by atoms with van der Waals surface area (Å²) in [6.07, 6.45) is -3.99. The average Bonchev–Trinajstić information content (AvgIpc) is 2.96. The maximum atomic E-state index is 14.1. The van der Waals surface area contributed by atoms with E-state index >= 15 is 0 Å². The quantitative estimate of drug-likeness (QED) is 0.261. The summed E-state index contributed by atoms with van der Waals surface area (Å²) >= 11 is 5.76. The molecule has 2 amide bonds. The van der Waals surface area contributed by atoms with E-state index < -0.39 is 56.9 Å². The van der Waals surface area contributed by atoms with Gasteiger partial charge in [-0.2, -0.15) is 13.2 Å². The summed E-state index contributed by atoms with van der Waals surface area (Å²) in [5.41, 5.74) is -0.318. The molecule has 238 valence electrons. The Morgan fingerprint density at radius 1 is 0.977 bits per heavy atom. The number of nitrogens with zero attached hydrogens (tertiary/aromatic N) is 2. The van der Waals surface area contributed by atoms with Crippen molar-refractivity contribution in [2.75, 3.05) is 30.8 Å². The maximum absolute atomic E-state index is 14.1. The van der Waals surface area contributed by atoms with Gasteiger partial charge in [-0.05, 0) is 47.4 Å². The molecule has 0 radical (unpaired) electrons. The van der Waals surface area contributed by atoms with Crippen LogP contribution in [0.4, 0.5) is 18.9 Å². The molecule has 0 saturated heterocycles. The van der Waals surface area contributed by atoms with Gasteiger partial charge in [0.15, 0.2) is 0 Å². The van der Waals surface area contributed by atoms with Crippen LogP contribution in [-0.4, -0.2) is 57.6 Å². The highest BCUT2D eigenvalue weighted by Gasteiger charge is 2.36. The fraction of sp³-hybridized carbons (Fsp3) is 0.355. The van der Waals surface area contributed by atoms with Gasteiger partial charge < -0.3 is 15.0 Å². The lowest BCUT2D eigenvalue weighted by atomic mass is 10.0. The Labute approximate surface area is 260 Å². The van der Waals surface area contributed by atoms with Crippen LogP contribution in [0.3, 0.4) is 0 Å². The molecule has 13 heteroatoms. The van der Waals surface area contributed by atoms with Crippen molar-refractivity contribution in [3.8, 4) is 5.75 Å². The molecule has 0 fully saturated rings. The standard InChI is InChI=1S/C31H35ClF3N3O5S/c1-21(2)18-36-30(40)28(16-22-9-6-5-7-10-22)37(19-23-11-8-12-25(15-23)43-3)29(39)20-38(44(4,41)42)24-13-14-27(32)26(17-24)31(33,34)35/h5-15,17,21,28H,16,18-20H2,1-4H3,(H,36,40). The molecule has 0 aliphatic carbocycles. The lowest BCUT2D eigenvalue weighted by Gasteiger charge is -2.34. The summed E-state index contributed by atoms with van der Waals surface area (Å²) in [5.74, 6) is -0.664. The van der Waals surface area contributed by atoms with E-state index in [9.17, 15) is 31.2 Å². The van der Waals surface area contributed by atoms with E-state index in [2.05, 4.69) is 5.32 Å². The van der Waals surface area contributed by atoms with Crippen molar-refractivity contribution in [3.05, 3.63) is 94.5 Å². The lowest BCUT2D eigenvalue weighted by Crippen LogP contribution is -2.53. The van der Waals surface area contributed by atoms with E-state index in [-0.39, 0.29) is 18.9 Å². The monoisotopic (exact) mass is 653 g/mol. The van der Waals surface area contributed by atoms with Crippen molar-refractivity contribution in [3.63, 3.8) is 0 Å². The molecule has 0 bridgehead atoms. The molecule has 3 rings (SSSR count). The second kappa shape index (κ2) is 14.8. The van der Waals surface area contributed by atoms with E-state index in [0.29, 0.717) is 28.2 Å². The average molecular weight is 654 g/mol. The number of anilines is 1. The van der Waals surface area contributed by atoms with Gasteiger partial charge in [0.2, 0.25) is 21.8 Å². The largest absolute Gasteiger partial charge is 0.497 e. The summed E-state index contributed by atoms with van der Waals surface area (Å²) in [7, 11) is -2.80. The summed E-state index contributed by atoms with van der Waals surface area (Å²) < 4.78 is 72.6. The second-order valence-corrected chi connectivity index (χ2v) is 13.0. The fourth-order valence-corrected chi connectivity index (χ4v) is 5.51. The Bertz CT molecular complexity index is 1550. The molecule has 0 aliphatic rings. The van der Waals surface area contributed by atoms with E-state index in [1.807, 2.05) is 19.9 Å². The van der Waals surface area contributed by atoms with Gasteiger partial charge >= 0.3 is 6.18 Å². The fourth-order valence-electron chi connectivity index (χ4n) is 4.44. The number of carbonyl (C=O) groups is 2. The third-order valence-electron chi connectivity index (χ3n) is 6.67. The van der Waals surface area contributed by atoms with E-state index in [4.69, 9.17) is 16.3 Å². The van der Waals surface area contributed by atoms with Crippen LogP contribution < -0.4 is 14.4 Å². The number of nitrogens with one attached hydrogen (secondary N) is 1. The van der Waals surface area contributed by atoms with Crippen molar-refractivity contribution >= 4 is 39.1 Å². The first-order chi connectivity index (χ1) is 20.6. The molecule has 0 saturated carbocycles. The number of sulfonamides is 1. The molecule has 1 unspecified atom stereocenters. The minimum atomic E-state index is -4.87. The van der Waals surface area contributed by atoms with Crippen molar-refractivity contribution in [1.29, 1.82) is 0 Å². The zero-order chi connectivity index (χ0) is 32.7. The van der Waals surface area contributed by atoms with Crippen LogP contribution in [0.15, 0.2) is 72.8 Å². The van der Waals surface area contributed by atoms with Gasteiger partial charge in [-0.25, -0.2) is 8.42 Å². The van der Waals surface area contributed by atoms with Gasteiger partial charge in [-0.1, -0.05) is 67.9 Å². The number of rotatable bonds is 13. The van der Waals surface area contributed by atoms with E-state index in [1.54, 1.807) is 48.5 Å². The minimum absolute atomic E-state index is 0.0958. The van der Waals surface area contributed by atoms with E-state index in [0.717, 1.165) is 24.0 Å². The number of amides is 2. The Hall–Kier alpha value is -3.77. The molecule has 3 aromatic rings. The van der Waals surface area contributed by atoms with Crippen LogP contribution in [-0.2, 0) is 38.8 Å². The highest BCUT2D eigenvalue weighted by atomic mass is 35.5. The molecule has 0 heterocycles. The van der Waals surface area contributed by atoms with Crippen LogP contribution in [0, 0.1) is 5.92 Å². The molecule has 8 nitrogen and oxygen atoms in total. The third kappa shape index (κ3) is 9.62. The van der Waals surface area contributed by atoms with Gasteiger partial charge in [0.05, 0.1) is 29.6 Å². The first-order valence-electron chi connectivity index (χ1n) is 13.7. The summed E-state index contributed by atoms with van der Waals surface area (Å²) in [5, 5.41) is 2.24. The van der Waals surface area contributed by atoms with E-state index in [1.165, 1.54) is 12.0 Å². The number of halogens is 4. The zero-order valence-corrected chi connectivity index (χ0v) is 26.3. The SMILES string of the molecule is COc1cccc(CN(C(=O)CN(c2ccc(Cl)c(C(F)(F)F)c2)S(C)(=O)=O)C(Cc2ccccc2)C(=O)NCC(C)C)c1. The molecule has 0 aliphatic heterocycles. The van der Waals surface area contributed by atoms with Gasteiger partial charge in [-0.15, -0.1) is 0 Å². The van der Waals surface area contributed by atoms with Crippen LogP contribution >= 0.6 is 11.6 Å². The van der Waals surface area contributed by atoms with Crippen LogP contribution in [0.5, 0.6) is 5.75 Å². The number of methoxy groups -OCH3 is 1. The number of benzene rings is 3. The molecular formula is C31H35ClF3N3O5S. The lowest BCUT2D eigenvalue weighted by molar-refractivity contribution is -0.140. The molecule has 3 aromatic carbocycles. The summed E-state index contributed by atoms with van der Waals surface area (Å²) in [6.45, 7) is 3.17. The normalized spacial score (nSPS) is 12.5. The highest BCUT2D eigenvalue weighted by molar-refractivity contribution is 7.92. The van der Waals surface area contributed by atoms with Crippen LogP contribution in [0.2, 0.25) is 5.02 Å². The molecule has 0 aromatic heterocycles. The molecule has 44 heavy (non-hydrogen) atoms. The van der Waals surface area contributed by atoms with Crippen molar-refractivity contribution < 1.29 is 35.9 Å². The third-order valence-corrected chi connectivity index (χ3v) is 8.14. The Kier molecular flexibility index (Phi) is 11.7. The first-order valence-corrected chi connectivity index (χ1v) is 15.9. The predicted octanol–water partition coefficient (Wildman–Crippen LogP) is 5.55. The smallest absolute Gasteiger partial charge is 0.417 e. The number of ether oxygens (including phenoxy) is 1. The van der Waals surface area contributed by atoms with Gasteiger partial charge in [0.1, 0.15) is 18.3 Å². The van der Waals surface area contributed by atoms with Crippen molar-refractivity contribution in [2.45, 2.75) is 39.0 Å². The Balaban J connectivity index is 2.11. The van der Waals surface area contributed by atoms with Gasteiger partial charge in [0, 0.05) is 19.5 Å². The topological polar surface area (TPSA) is 96.0 Å². The summed E-state index contributed by atoms with van der Waals surface area (Å²) in [4.78, 5) is 29.0. The van der Waals surface area contributed by atoms with Crippen molar-refractivity contribution in [1.82, 2.24) is 10.2 Å². The Morgan fingerprint density at radius 3 is 2.23 bits per heavy atom. The maximum Gasteiger partial charge on any atom is 0.417 e. The second-order valence-electron chi connectivity index (χ2n) is 10.6. The molecule has 1 atom stereocenters. The van der Waals surface area contributed by atoms with Gasteiger partial charge in [0.25, 0.3) is 0 Å². The minimum Gasteiger partial charge on any atom is -0.497 e. The van der Waals surface area contributed by atoms with Crippen LogP contribution in [0.1, 0.15) is 30.5 Å². The predicted molar refractivity (Wildman–Crippen MR) is 164 cm³/mol. The Morgan fingerprint density at radius 2 is 1.64 bits per heavy atom. The van der Waals surface area contributed by atoms with Crippen LogP contribution in [0.25, 0.3) is 0 Å².